The first-order valence-corrected chi connectivity index (χ1v) is 9.39. The molecule has 0 aliphatic rings. The molecular weight excluding hydrogens is 427 g/mol. The first-order chi connectivity index (χ1) is 13.6. The molecule has 146 valence electrons. The van der Waals surface area contributed by atoms with Crippen molar-refractivity contribution in [3.8, 4) is 23.0 Å². The van der Waals surface area contributed by atoms with Gasteiger partial charge in [0.15, 0.2) is 11.5 Å². The fourth-order valence-electron chi connectivity index (χ4n) is 2.50. The molecule has 0 aliphatic heterocycles. The van der Waals surface area contributed by atoms with Crippen LogP contribution in [-0.2, 0) is 13.2 Å². The third-order valence-electron chi connectivity index (χ3n) is 4.09. The molecule has 0 fully saturated rings. The van der Waals surface area contributed by atoms with Crippen molar-refractivity contribution in [1.29, 1.82) is 0 Å². The lowest BCUT2D eigenvalue weighted by atomic mass is 10.2. The molecule has 0 saturated carbocycles. The van der Waals surface area contributed by atoms with Crippen molar-refractivity contribution in [2.75, 3.05) is 14.2 Å². The van der Waals surface area contributed by atoms with E-state index in [1.54, 1.807) is 20.3 Å². The van der Waals surface area contributed by atoms with Crippen LogP contribution in [0.1, 0.15) is 11.1 Å². The van der Waals surface area contributed by atoms with Crippen LogP contribution < -0.4 is 18.9 Å². The van der Waals surface area contributed by atoms with E-state index in [2.05, 4.69) is 15.9 Å². The molecule has 0 heterocycles. The van der Waals surface area contributed by atoms with E-state index in [1.807, 2.05) is 48.5 Å². The third-order valence-corrected chi connectivity index (χ3v) is 4.70. The largest absolute Gasteiger partial charge is 0.497 e. The summed E-state index contributed by atoms with van der Waals surface area (Å²) < 4.78 is 36.3. The summed E-state index contributed by atoms with van der Waals surface area (Å²) in [5.74, 6) is 1.92. The first-order valence-electron chi connectivity index (χ1n) is 8.59. The number of hydrogen-bond acceptors (Lipinski definition) is 4. The van der Waals surface area contributed by atoms with Crippen molar-refractivity contribution in [2.24, 2.45) is 0 Å². The normalized spacial score (nSPS) is 10.4. The minimum atomic E-state index is -0.415. The van der Waals surface area contributed by atoms with Gasteiger partial charge in [-0.15, -0.1) is 0 Å². The Hall–Kier alpha value is -2.73. The van der Waals surface area contributed by atoms with E-state index in [-0.39, 0.29) is 6.61 Å². The predicted molar refractivity (Wildman–Crippen MR) is 109 cm³/mol. The Balaban J connectivity index is 1.71. The van der Waals surface area contributed by atoms with E-state index in [4.69, 9.17) is 18.9 Å². The molecule has 0 spiro atoms. The number of benzene rings is 3. The maximum Gasteiger partial charge on any atom is 0.164 e. The van der Waals surface area contributed by atoms with Crippen molar-refractivity contribution >= 4 is 15.9 Å². The van der Waals surface area contributed by atoms with Gasteiger partial charge in [-0.2, -0.15) is 0 Å². The summed E-state index contributed by atoms with van der Waals surface area (Å²) in [4.78, 5) is 0. The molecule has 0 aliphatic carbocycles. The molecule has 0 saturated heterocycles. The van der Waals surface area contributed by atoms with Crippen LogP contribution in [0.15, 0.2) is 65.1 Å². The Morgan fingerprint density at radius 1 is 0.714 bits per heavy atom. The molecule has 0 atom stereocenters. The number of rotatable bonds is 8. The summed E-state index contributed by atoms with van der Waals surface area (Å²) in [6, 6.07) is 17.9. The first kappa shape index (κ1) is 20.0. The zero-order valence-electron chi connectivity index (χ0n) is 15.6. The Morgan fingerprint density at radius 3 is 1.57 bits per heavy atom. The van der Waals surface area contributed by atoms with Crippen LogP contribution in [0.3, 0.4) is 0 Å². The monoisotopic (exact) mass is 446 g/mol. The minimum absolute atomic E-state index is 0.282. The van der Waals surface area contributed by atoms with E-state index < -0.39 is 5.82 Å². The number of hydrogen-bond donors (Lipinski definition) is 0. The van der Waals surface area contributed by atoms with Crippen molar-refractivity contribution < 1.29 is 23.3 Å². The maximum atomic E-state index is 14.0. The lowest BCUT2D eigenvalue weighted by Gasteiger charge is -2.14. The van der Waals surface area contributed by atoms with E-state index in [9.17, 15) is 4.39 Å². The zero-order valence-corrected chi connectivity index (χ0v) is 17.2. The van der Waals surface area contributed by atoms with Gasteiger partial charge in [0.25, 0.3) is 0 Å². The van der Waals surface area contributed by atoms with Crippen molar-refractivity contribution in [2.45, 2.75) is 13.2 Å². The van der Waals surface area contributed by atoms with Crippen LogP contribution in [0.2, 0.25) is 0 Å². The van der Waals surface area contributed by atoms with E-state index in [0.717, 1.165) is 22.6 Å². The van der Waals surface area contributed by atoms with Crippen LogP contribution in [-0.4, -0.2) is 14.2 Å². The van der Waals surface area contributed by atoms with E-state index in [1.165, 1.54) is 6.07 Å². The molecule has 0 amide bonds. The molecule has 0 bridgehead atoms. The van der Waals surface area contributed by atoms with Gasteiger partial charge >= 0.3 is 0 Å². The average Bonchev–Trinajstić information content (AvgIpc) is 2.74. The molecule has 0 radical (unpaired) electrons. The Kier molecular flexibility index (Phi) is 6.76. The van der Waals surface area contributed by atoms with Crippen LogP contribution in [0.4, 0.5) is 4.39 Å². The summed E-state index contributed by atoms with van der Waals surface area (Å²) in [6.45, 7) is 0.602. The Labute approximate surface area is 171 Å². The molecule has 3 aromatic rings. The quantitative estimate of drug-likeness (QED) is 0.440. The summed E-state index contributed by atoms with van der Waals surface area (Å²) >= 11 is 3.20. The van der Waals surface area contributed by atoms with Gasteiger partial charge in [-0.25, -0.2) is 4.39 Å². The summed E-state index contributed by atoms with van der Waals surface area (Å²) in [7, 11) is 3.23. The highest BCUT2D eigenvalue weighted by Crippen LogP contribution is 2.34. The van der Waals surface area contributed by atoms with Crippen LogP contribution in [0, 0.1) is 5.82 Å². The topological polar surface area (TPSA) is 36.9 Å². The maximum absolute atomic E-state index is 14.0. The molecule has 3 aromatic carbocycles. The van der Waals surface area contributed by atoms with Gasteiger partial charge in [0.1, 0.15) is 30.5 Å². The van der Waals surface area contributed by atoms with E-state index >= 15 is 0 Å². The van der Waals surface area contributed by atoms with Gasteiger partial charge in [-0.1, -0.05) is 24.3 Å². The summed E-state index contributed by atoms with van der Waals surface area (Å²) in [5.41, 5.74) is 1.90. The highest BCUT2D eigenvalue weighted by molar-refractivity contribution is 9.10. The van der Waals surface area contributed by atoms with Gasteiger partial charge in [0.05, 0.1) is 18.7 Å². The van der Waals surface area contributed by atoms with Gasteiger partial charge < -0.3 is 18.9 Å². The molecule has 3 rings (SSSR count). The standard InChI is InChI=1S/C22H20BrFO4/c1-25-17-7-3-15(4-8-17)13-27-21-11-19(23)20(24)12-22(21)28-14-16-5-9-18(26-2)10-6-16/h3-12H,13-14H2,1-2H3. The number of methoxy groups -OCH3 is 2. The predicted octanol–water partition coefficient (Wildman–Crippen LogP) is 5.76. The van der Waals surface area contributed by atoms with Crippen molar-refractivity contribution in [3.63, 3.8) is 0 Å². The second-order valence-electron chi connectivity index (χ2n) is 5.99. The highest BCUT2D eigenvalue weighted by Gasteiger charge is 2.12. The Bertz CT molecular complexity index is 835. The van der Waals surface area contributed by atoms with Crippen LogP contribution >= 0.6 is 15.9 Å². The average molecular weight is 447 g/mol. The van der Waals surface area contributed by atoms with Crippen molar-refractivity contribution in [3.05, 3.63) is 82.1 Å². The van der Waals surface area contributed by atoms with Gasteiger partial charge in [0.2, 0.25) is 0 Å². The zero-order chi connectivity index (χ0) is 19.9. The molecule has 0 unspecified atom stereocenters. The Morgan fingerprint density at radius 2 is 1.14 bits per heavy atom. The lowest BCUT2D eigenvalue weighted by Crippen LogP contribution is -2.01. The van der Waals surface area contributed by atoms with Crippen LogP contribution in [0.5, 0.6) is 23.0 Å². The van der Waals surface area contributed by atoms with Crippen molar-refractivity contribution in [1.82, 2.24) is 0 Å². The molecular formula is C22H20BrFO4. The van der Waals surface area contributed by atoms with Gasteiger partial charge in [-0.05, 0) is 51.3 Å². The summed E-state index contributed by atoms with van der Waals surface area (Å²) in [5, 5.41) is 0. The number of halogens is 2. The fourth-order valence-corrected chi connectivity index (χ4v) is 2.82. The van der Waals surface area contributed by atoms with E-state index in [0.29, 0.717) is 22.6 Å². The molecule has 28 heavy (non-hydrogen) atoms. The SMILES string of the molecule is COc1ccc(COc2cc(F)c(Br)cc2OCc2ccc(OC)cc2)cc1. The third kappa shape index (κ3) is 5.16. The second-order valence-corrected chi connectivity index (χ2v) is 6.84. The molecule has 4 nitrogen and oxygen atoms in total. The fraction of sp³-hybridized carbons (Fsp3) is 0.182. The molecule has 6 heteroatoms. The molecule has 0 aromatic heterocycles. The number of ether oxygens (including phenoxy) is 4. The molecule has 0 N–H and O–H groups in total. The minimum Gasteiger partial charge on any atom is -0.497 e. The smallest absolute Gasteiger partial charge is 0.164 e. The summed E-state index contributed by atoms with van der Waals surface area (Å²) in [6.07, 6.45) is 0. The second kappa shape index (κ2) is 9.46. The highest BCUT2D eigenvalue weighted by atomic mass is 79.9. The van der Waals surface area contributed by atoms with Crippen LogP contribution in [0.25, 0.3) is 0 Å². The lowest BCUT2D eigenvalue weighted by molar-refractivity contribution is 0.254. The van der Waals surface area contributed by atoms with Gasteiger partial charge in [0, 0.05) is 12.1 Å². The van der Waals surface area contributed by atoms with Gasteiger partial charge in [-0.3, -0.25) is 0 Å².